The van der Waals surface area contributed by atoms with E-state index in [0.29, 0.717) is 0 Å². The van der Waals surface area contributed by atoms with Crippen molar-refractivity contribution < 1.29 is 5.11 Å². The molecule has 0 fully saturated rings. The van der Waals surface area contributed by atoms with Crippen molar-refractivity contribution in [2.75, 3.05) is 6.54 Å². The summed E-state index contributed by atoms with van der Waals surface area (Å²) < 4.78 is 0. The molecule has 0 radical (unpaired) electrons. The topological polar surface area (TPSA) is 23.5 Å². The van der Waals surface area contributed by atoms with Crippen molar-refractivity contribution >= 4 is 0 Å². The van der Waals surface area contributed by atoms with Crippen LogP contribution in [0.3, 0.4) is 0 Å². The second-order valence-corrected chi connectivity index (χ2v) is 5.94. The molecule has 22 heavy (non-hydrogen) atoms. The highest BCUT2D eigenvalue weighted by Crippen LogP contribution is 2.12. The Morgan fingerprint density at radius 3 is 1.82 bits per heavy atom. The third-order valence-electron chi connectivity index (χ3n) is 3.86. The Morgan fingerprint density at radius 1 is 0.864 bits per heavy atom. The lowest BCUT2D eigenvalue weighted by atomic mass is 10.1. The zero-order chi connectivity index (χ0) is 15.6. The molecule has 1 unspecified atom stereocenters. The van der Waals surface area contributed by atoms with Crippen LogP contribution in [0.2, 0.25) is 0 Å². The molecule has 0 aromatic heterocycles. The molecule has 0 aliphatic carbocycles. The number of hydrogen-bond acceptors (Lipinski definition) is 2. The summed E-state index contributed by atoms with van der Waals surface area (Å²) in [5, 5.41) is 10.3. The lowest BCUT2D eigenvalue weighted by Gasteiger charge is -2.25. The van der Waals surface area contributed by atoms with E-state index in [2.05, 4.69) is 60.4 Å². The van der Waals surface area contributed by atoms with Crippen LogP contribution in [0.1, 0.15) is 37.3 Å². The van der Waals surface area contributed by atoms with Crippen LogP contribution in [0.4, 0.5) is 0 Å². The number of benzene rings is 2. The quantitative estimate of drug-likeness (QED) is 0.748. The second-order valence-electron chi connectivity index (χ2n) is 5.94. The Hall–Kier alpha value is -1.64. The van der Waals surface area contributed by atoms with E-state index in [1.54, 1.807) is 0 Å². The Balaban J connectivity index is 1.99. The fraction of sp³-hybridized carbons (Fsp3) is 0.400. The van der Waals surface area contributed by atoms with E-state index in [0.717, 1.165) is 38.9 Å². The highest BCUT2D eigenvalue weighted by Gasteiger charge is 2.12. The van der Waals surface area contributed by atoms with Gasteiger partial charge in [0.15, 0.2) is 0 Å². The molecule has 0 spiro atoms. The summed E-state index contributed by atoms with van der Waals surface area (Å²) in [7, 11) is 0. The molecule has 1 N–H and O–H groups in total. The molecule has 0 saturated heterocycles. The minimum Gasteiger partial charge on any atom is -0.392 e. The normalized spacial score (nSPS) is 12.5. The third-order valence-corrected chi connectivity index (χ3v) is 3.86. The minimum atomic E-state index is -0.243. The Bertz CT molecular complexity index is 470. The number of aliphatic hydroxyl groups excluding tert-OH is 1. The maximum Gasteiger partial charge on any atom is 0.0667 e. The predicted molar refractivity (Wildman–Crippen MR) is 92.5 cm³/mol. The fourth-order valence-corrected chi connectivity index (χ4v) is 2.70. The Kier molecular flexibility index (Phi) is 7.14. The van der Waals surface area contributed by atoms with Gasteiger partial charge in [-0.1, -0.05) is 80.4 Å². The summed E-state index contributed by atoms with van der Waals surface area (Å²) in [5.41, 5.74) is 2.59. The molecule has 2 aromatic rings. The molecule has 0 saturated carbocycles. The van der Waals surface area contributed by atoms with Gasteiger partial charge in [-0.15, -0.1) is 0 Å². The maximum absolute atomic E-state index is 10.3. The molecule has 0 heterocycles. The van der Waals surface area contributed by atoms with E-state index in [9.17, 15) is 5.11 Å². The summed E-state index contributed by atoms with van der Waals surface area (Å²) in [6.45, 7) is 4.64. The Morgan fingerprint density at radius 2 is 1.36 bits per heavy atom. The van der Waals surface area contributed by atoms with Crippen molar-refractivity contribution in [3.8, 4) is 0 Å². The van der Waals surface area contributed by atoms with Crippen LogP contribution in [0.25, 0.3) is 0 Å². The van der Waals surface area contributed by atoms with Gasteiger partial charge in [-0.05, 0) is 17.5 Å². The van der Waals surface area contributed by atoms with Crippen molar-refractivity contribution in [2.45, 2.75) is 45.4 Å². The smallest absolute Gasteiger partial charge is 0.0667 e. The molecule has 2 aromatic carbocycles. The van der Waals surface area contributed by atoms with E-state index < -0.39 is 0 Å². The first kappa shape index (κ1) is 16.7. The average molecular weight is 297 g/mol. The SMILES string of the molecule is CCCCC(O)CN(Cc1ccccc1)Cc1ccccc1. The molecule has 2 rings (SSSR count). The maximum atomic E-state index is 10.3. The van der Waals surface area contributed by atoms with Gasteiger partial charge in [-0.2, -0.15) is 0 Å². The van der Waals surface area contributed by atoms with Gasteiger partial charge >= 0.3 is 0 Å². The number of nitrogens with zero attached hydrogens (tertiary/aromatic N) is 1. The van der Waals surface area contributed by atoms with Crippen molar-refractivity contribution in [1.29, 1.82) is 0 Å². The molecule has 118 valence electrons. The average Bonchev–Trinajstić information content (AvgIpc) is 2.55. The van der Waals surface area contributed by atoms with Gasteiger partial charge in [-0.3, -0.25) is 4.90 Å². The number of aliphatic hydroxyl groups is 1. The monoisotopic (exact) mass is 297 g/mol. The van der Waals surface area contributed by atoms with Crippen LogP contribution in [0.15, 0.2) is 60.7 Å². The largest absolute Gasteiger partial charge is 0.392 e. The molecule has 0 aliphatic heterocycles. The zero-order valence-electron chi connectivity index (χ0n) is 13.5. The molecule has 2 nitrogen and oxygen atoms in total. The zero-order valence-corrected chi connectivity index (χ0v) is 13.5. The van der Waals surface area contributed by atoms with Gasteiger partial charge in [-0.25, -0.2) is 0 Å². The molecule has 0 bridgehead atoms. The third kappa shape index (κ3) is 6.00. The number of rotatable bonds is 9. The van der Waals surface area contributed by atoms with Crippen LogP contribution in [-0.4, -0.2) is 22.7 Å². The molecule has 2 heteroatoms. The van der Waals surface area contributed by atoms with Gasteiger partial charge in [0.05, 0.1) is 6.10 Å². The summed E-state index contributed by atoms with van der Waals surface area (Å²) >= 11 is 0. The summed E-state index contributed by atoms with van der Waals surface area (Å²) in [5.74, 6) is 0. The molecule has 0 aliphatic rings. The van der Waals surface area contributed by atoms with Crippen LogP contribution in [0, 0.1) is 0 Å². The second kappa shape index (κ2) is 9.39. The van der Waals surface area contributed by atoms with E-state index in [-0.39, 0.29) is 6.10 Å². The summed E-state index contributed by atoms with van der Waals surface area (Å²) in [6.07, 6.45) is 2.86. The standard InChI is InChI=1S/C20H27NO/c1-2-3-14-20(22)17-21(15-18-10-6-4-7-11-18)16-19-12-8-5-9-13-19/h4-13,20,22H,2-3,14-17H2,1H3. The van der Waals surface area contributed by atoms with E-state index in [1.807, 2.05) is 12.1 Å². The van der Waals surface area contributed by atoms with Crippen molar-refractivity contribution in [3.05, 3.63) is 71.8 Å². The lowest BCUT2D eigenvalue weighted by molar-refractivity contribution is 0.0958. The van der Waals surface area contributed by atoms with E-state index >= 15 is 0 Å². The first-order valence-electron chi connectivity index (χ1n) is 8.26. The van der Waals surface area contributed by atoms with Crippen LogP contribution >= 0.6 is 0 Å². The molecule has 0 amide bonds. The predicted octanol–water partition coefficient (Wildman–Crippen LogP) is 4.24. The summed E-state index contributed by atoms with van der Waals surface area (Å²) in [4.78, 5) is 2.34. The first-order valence-corrected chi connectivity index (χ1v) is 8.26. The highest BCUT2D eigenvalue weighted by molar-refractivity contribution is 5.17. The number of hydrogen-bond donors (Lipinski definition) is 1. The van der Waals surface area contributed by atoms with Crippen molar-refractivity contribution in [3.63, 3.8) is 0 Å². The van der Waals surface area contributed by atoms with Crippen molar-refractivity contribution in [2.24, 2.45) is 0 Å². The fourth-order valence-electron chi connectivity index (χ4n) is 2.70. The molecular weight excluding hydrogens is 270 g/mol. The van der Waals surface area contributed by atoms with Gasteiger partial charge in [0.1, 0.15) is 0 Å². The van der Waals surface area contributed by atoms with Gasteiger partial charge in [0.2, 0.25) is 0 Å². The van der Waals surface area contributed by atoms with E-state index in [1.165, 1.54) is 11.1 Å². The lowest BCUT2D eigenvalue weighted by Crippen LogP contribution is -2.31. The minimum absolute atomic E-state index is 0.243. The van der Waals surface area contributed by atoms with Crippen LogP contribution < -0.4 is 0 Å². The van der Waals surface area contributed by atoms with Gasteiger partial charge < -0.3 is 5.11 Å². The van der Waals surface area contributed by atoms with Gasteiger partial charge in [0, 0.05) is 19.6 Å². The number of unbranched alkanes of at least 4 members (excludes halogenated alkanes) is 1. The first-order chi connectivity index (χ1) is 10.8. The van der Waals surface area contributed by atoms with Crippen LogP contribution in [0.5, 0.6) is 0 Å². The Labute approximate surface area is 134 Å². The van der Waals surface area contributed by atoms with Crippen molar-refractivity contribution in [1.82, 2.24) is 4.90 Å². The summed E-state index contributed by atoms with van der Waals surface area (Å²) in [6, 6.07) is 21.0. The molecule has 1 atom stereocenters. The van der Waals surface area contributed by atoms with E-state index in [4.69, 9.17) is 0 Å². The molecular formula is C20H27NO. The highest BCUT2D eigenvalue weighted by atomic mass is 16.3. The van der Waals surface area contributed by atoms with Crippen LogP contribution in [-0.2, 0) is 13.1 Å². The van der Waals surface area contributed by atoms with Gasteiger partial charge in [0.25, 0.3) is 0 Å².